The quantitative estimate of drug-likeness (QED) is 0.505. The fraction of sp³-hybridized carbons (Fsp3) is 0.500. The summed E-state index contributed by atoms with van der Waals surface area (Å²) in [7, 11) is 0. The lowest BCUT2D eigenvalue weighted by molar-refractivity contribution is 0.850. The Balaban J connectivity index is 2.80. The standard InChI is InChI=1S/C6H8N4/c1-4-9-3-5(2-7)6(8)10-4/h5H,3H2,1H3,(H2,8,9,10). The van der Waals surface area contributed by atoms with Crippen LogP contribution in [0.15, 0.2) is 9.98 Å². The summed E-state index contributed by atoms with van der Waals surface area (Å²) < 4.78 is 0. The van der Waals surface area contributed by atoms with Gasteiger partial charge in [0.25, 0.3) is 0 Å². The SMILES string of the molecule is CC1=NCC(C#N)C(N)=N1. The largest absolute Gasteiger partial charge is 0.386 e. The van der Waals surface area contributed by atoms with Gasteiger partial charge in [-0.1, -0.05) is 0 Å². The highest BCUT2D eigenvalue weighted by Gasteiger charge is 2.15. The number of amidine groups is 2. The van der Waals surface area contributed by atoms with E-state index in [1.165, 1.54) is 0 Å². The molecule has 0 aromatic rings. The third-order valence-electron chi connectivity index (χ3n) is 1.31. The average molecular weight is 136 g/mol. The molecular formula is C6H8N4. The summed E-state index contributed by atoms with van der Waals surface area (Å²) in [5.41, 5.74) is 5.43. The molecule has 0 amide bonds. The summed E-state index contributed by atoms with van der Waals surface area (Å²) in [6, 6.07) is 2.01. The summed E-state index contributed by atoms with van der Waals surface area (Å²) in [5, 5.41) is 8.47. The lowest BCUT2D eigenvalue weighted by Crippen LogP contribution is -2.28. The molecule has 1 heterocycles. The molecule has 0 radical (unpaired) electrons. The Hall–Kier alpha value is -1.37. The number of nitrogens with zero attached hydrogens (tertiary/aromatic N) is 3. The van der Waals surface area contributed by atoms with Crippen LogP contribution < -0.4 is 5.73 Å². The number of hydrogen-bond donors (Lipinski definition) is 1. The van der Waals surface area contributed by atoms with E-state index in [1.54, 1.807) is 6.92 Å². The molecule has 4 heteroatoms. The molecule has 0 aliphatic carbocycles. The van der Waals surface area contributed by atoms with Crippen LogP contribution in [-0.4, -0.2) is 18.2 Å². The van der Waals surface area contributed by atoms with Crippen molar-refractivity contribution in [1.82, 2.24) is 0 Å². The van der Waals surface area contributed by atoms with Crippen molar-refractivity contribution in [2.24, 2.45) is 21.6 Å². The summed E-state index contributed by atoms with van der Waals surface area (Å²) in [6.07, 6.45) is 0. The minimum Gasteiger partial charge on any atom is -0.386 e. The van der Waals surface area contributed by atoms with Crippen molar-refractivity contribution in [3.8, 4) is 6.07 Å². The van der Waals surface area contributed by atoms with Crippen molar-refractivity contribution < 1.29 is 0 Å². The van der Waals surface area contributed by atoms with Crippen molar-refractivity contribution in [2.75, 3.05) is 6.54 Å². The molecule has 10 heavy (non-hydrogen) atoms. The molecule has 0 saturated carbocycles. The summed E-state index contributed by atoms with van der Waals surface area (Å²) >= 11 is 0. The first-order chi connectivity index (χ1) is 4.74. The van der Waals surface area contributed by atoms with Crippen molar-refractivity contribution in [2.45, 2.75) is 6.92 Å². The van der Waals surface area contributed by atoms with E-state index in [9.17, 15) is 0 Å². The van der Waals surface area contributed by atoms with Gasteiger partial charge >= 0.3 is 0 Å². The van der Waals surface area contributed by atoms with Crippen LogP contribution in [0.25, 0.3) is 0 Å². The highest BCUT2D eigenvalue weighted by Crippen LogP contribution is 2.02. The predicted molar refractivity (Wildman–Crippen MR) is 38.7 cm³/mol. The van der Waals surface area contributed by atoms with Crippen molar-refractivity contribution in [3.63, 3.8) is 0 Å². The first kappa shape index (κ1) is 6.75. The van der Waals surface area contributed by atoms with E-state index in [0.717, 1.165) is 0 Å². The molecule has 1 atom stereocenters. The second-order valence-corrected chi connectivity index (χ2v) is 2.11. The van der Waals surface area contributed by atoms with E-state index in [4.69, 9.17) is 11.0 Å². The van der Waals surface area contributed by atoms with Gasteiger partial charge in [-0.3, -0.25) is 4.99 Å². The van der Waals surface area contributed by atoms with Crippen LogP contribution in [0.1, 0.15) is 6.92 Å². The van der Waals surface area contributed by atoms with E-state index in [1.807, 2.05) is 6.07 Å². The van der Waals surface area contributed by atoms with Crippen molar-refractivity contribution in [3.05, 3.63) is 0 Å². The second-order valence-electron chi connectivity index (χ2n) is 2.11. The van der Waals surface area contributed by atoms with Crippen LogP contribution in [0.3, 0.4) is 0 Å². The fourth-order valence-corrected chi connectivity index (χ4v) is 0.724. The van der Waals surface area contributed by atoms with Crippen molar-refractivity contribution >= 4 is 11.7 Å². The Morgan fingerprint density at radius 1 is 1.80 bits per heavy atom. The zero-order valence-electron chi connectivity index (χ0n) is 5.70. The van der Waals surface area contributed by atoms with Crippen LogP contribution in [0.4, 0.5) is 0 Å². The highest BCUT2D eigenvalue weighted by atomic mass is 15.0. The number of nitrogens with two attached hydrogens (primary N) is 1. The second kappa shape index (κ2) is 2.48. The van der Waals surface area contributed by atoms with Crippen LogP contribution in [-0.2, 0) is 0 Å². The molecule has 0 aromatic carbocycles. The maximum absolute atomic E-state index is 8.47. The van der Waals surface area contributed by atoms with Crippen LogP contribution in [0, 0.1) is 17.2 Å². The Bertz CT molecular complexity index is 233. The van der Waals surface area contributed by atoms with E-state index < -0.39 is 0 Å². The predicted octanol–water partition coefficient (Wildman–Crippen LogP) is -0.0846. The topological polar surface area (TPSA) is 74.5 Å². The van der Waals surface area contributed by atoms with E-state index in [0.29, 0.717) is 18.2 Å². The molecule has 1 aliphatic heterocycles. The van der Waals surface area contributed by atoms with Gasteiger partial charge < -0.3 is 5.73 Å². The average Bonchev–Trinajstić information content (AvgIpc) is 1.88. The molecule has 1 unspecified atom stereocenters. The molecular weight excluding hydrogens is 128 g/mol. The third kappa shape index (κ3) is 1.13. The molecule has 0 aromatic heterocycles. The normalized spacial score (nSPS) is 24.6. The summed E-state index contributed by atoms with van der Waals surface area (Å²) in [4.78, 5) is 7.82. The van der Waals surface area contributed by atoms with Crippen LogP contribution in [0.5, 0.6) is 0 Å². The molecule has 52 valence electrons. The molecule has 0 fully saturated rings. The van der Waals surface area contributed by atoms with Gasteiger partial charge in [-0.15, -0.1) is 0 Å². The first-order valence-corrected chi connectivity index (χ1v) is 2.98. The maximum atomic E-state index is 8.47. The van der Waals surface area contributed by atoms with Gasteiger partial charge in [-0.2, -0.15) is 5.26 Å². The van der Waals surface area contributed by atoms with E-state index >= 15 is 0 Å². The molecule has 4 nitrogen and oxygen atoms in total. The molecule has 1 rings (SSSR count). The summed E-state index contributed by atoms with van der Waals surface area (Å²) in [5.74, 6) is 0.725. The van der Waals surface area contributed by atoms with Crippen molar-refractivity contribution in [1.29, 1.82) is 5.26 Å². The van der Waals surface area contributed by atoms with E-state index in [2.05, 4.69) is 9.98 Å². The Morgan fingerprint density at radius 2 is 2.50 bits per heavy atom. The summed E-state index contributed by atoms with van der Waals surface area (Å²) in [6.45, 7) is 2.22. The van der Waals surface area contributed by atoms with Gasteiger partial charge in [0.2, 0.25) is 0 Å². The van der Waals surface area contributed by atoms with Gasteiger partial charge in [0.1, 0.15) is 17.6 Å². The zero-order chi connectivity index (χ0) is 7.56. The fourth-order valence-electron chi connectivity index (χ4n) is 0.724. The lowest BCUT2D eigenvalue weighted by Gasteiger charge is -2.09. The van der Waals surface area contributed by atoms with Gasteiger partial charge in [-0.25, -0.2) is 4.99 Å². The molecule has 0 saturated heterocycles. The third-order valence-corrected chi connectivity index (χ3v) is 1.31. The molecule has 1 aliphatic rings. The Labute approximate surface area is 59.1 Å². The maximum Gasteiger partial charge on any atom is 0.123 e. The van der Waals surface area contributed by atoms with E-state index in [-0.39, 0.29) is 5.92 Å². The molecule has 0 spiro atoms. The first-order valence-electron chi connectivity index (χ1n) is 2.98. The minimum absolute atomic E-state index is 0.316. The van der Waals surface area contributed by atoms with Crippen LogP contribution >= 0.6 is 0 Å². The lowest BCUT2D eigenvalue weighted by atomic mass is 10.1. The minimum atomic E-state index is -0.316. The smallest absolute Gasteiger partial charge is 0.123 e. The number of aliphatic imine (C=N–C) groups is 2. The highest BCUT2D eigenvalue weighted by molar-refractivity contribution is 5.99. The van der Waals surface area contributed by atoms with Gasteiger partial charge in [0, 0.05) is 0 Å². The van der Waals surface area contributed by atoms with Gasteiger partial charge in [0.15, 0.2) is 0 Å². The van der Waals surface area contributed by atoms with Gasteiger partial charge in [-0.05, 0) is 6.92 Å². The molecule has 2 N–H and O–H groups in total. The number of rotatable bonds is 0. The Kier molecular flexibility index (Phi) is 1.67. The Morgan fingerprint density at radius 3 is 3.00 bits per heavy atom. The van der Waals surface area contributed by atoms with Gasteiger partial charge in [0.05, 0.1) is 12.6 Å². The number of hydrogen-bond acceptors (Lipinski definition) is 4. The number of nitriles is 1. The van der Waals surface area contributed by atoms with Crippen LogP contribution in [0.2, 0.25) is 0 Å². The monoisotopic (exact) mass is 136 g/mol. The molecule has 0 bridgehead atoms. The zero-order valence-corrected chi connectivity index (χ0v) is 5.70.